The van der Waals surface area contributed by atoms with Gasteiger partial charge in [-0.3, -0.25) is 0 Å². The molecule has 0 saturated heterocycles. The third kappa shape index (κ3) is 4.44. The van der Waals surface area contributed by atoms with Gasteiger partial charge in [0.05, 0.1) is 23.2 Å². The second-order valence-corrected chi connectivity index (χ2v) is 10.4. The van der Waals surface area contributed by atoms with Crippen LogP contribution >= 0.6 is 0 Å². The Balaban J connectivity index is 1.54. The molecule has 6 rings (SSSR count). The van der Waals surface area contributed by atoms with E-state index in [0.29, 0.717) is 42.2 Å². The van der Waals surface area contributed by atoms with Crippen LogP contribution in [0.5, 0.6) is 0 Å². The van der Waals surface area contributed by atoms with E-state index >= 15 is 0 Å². The molecule has 0 radical (unpaired) electrons. The number of aromatic nitrogens is 3. The number of fused-ring (bicyclic) bond motifs is 4. The van der Waals surface area contributed by atoms with Gasteiger partial charge in [0, 0.05) is 55.2 Å². The van der Waals surface area contributed by atoms with Crippen molar-refractivity contribution in [2.75, 3.05) is 13.7 Å². The minimum absolute atomic E-state index is 0.181. The quantitative estimate of drug-likeness (QED) is 0.249. The number of ether oxygens (including phenoxy) is 1. The number of nitrogens with zero attached hydrogens (tertiary/aromatic N) is 3. The van der Waals surface area contributed by atoms with Crippen LogP contribution in [0.15, 0.2) is 54.6 Å². The number of methoxy groups -OCH3 is 1. The molecule has 0 spiro atoms. The summed E-state index contributed by atoms with van der Waals surface area (Å²) < 4.78 is 52.2. The monoisotopic (exact) mass is 547 g/mol. The number of aromatic carboxylic acids is 1. The van der Waals surface area contributed by atoms with Gasteiger partial charge in [0.2, 0.25) is 0 Å². The summed E-state index contributed by atoms with van der Waals surface area (Å²) in [6, 6.07) is 15.3. The van der Waals surface area contributed by atoms with E-state index in [-0.39, 0.29) is 30.6 Å². The summed E-state index contributed by atoms with van der Waals surface area (Å²) in [7, 11) is 1.61. The van der Waals surface area contributed by atoms with Crippen LogP contribution in [0, 0.1) is 12.7 Å². The van der Waals surface area contributed by atoms with Gasteiger partial charge in [-0.2, -0.15) is 0 Å². The van der Waals surface area contributed by atoms with Crippen LogP contribution in [0.2, 0.25) is 0 Å². The van der Waals surface area contributed by atoms with Crippen LogP contribution < -0.4 is 0 Å². The molecule has 40 heavy (non-hydrogen) atoms. The van der Waals surface area contributed by atoms with Crippen LogP contribution in [0.1, 0.15) is 39.2 Å². The Bertz CT molecular complexity index is 1770. The predicted molar refractivity (Wildman–Crippen MR) is 147 cm³/mol. The van der Waals surface area contributed by atoms with Crippen LogP contribution in [-0.4, -0.2) is 44.8 Å². The smallest absolute Gasteiger partial charge is 0.336 e. The molecule has 0 aliphatic heterocycles. The van der Waals surface area contributed by atoms with Gasteiger partial charge in [-0.1, -0.05) is 12.1 Å². The lowest BCUT2D eigenvalue weighted by atomic mass is 9.92. The van der Waals surface area contributed by atoms with Crippen molar-refractivity contribution in [3.8, 4) is 11.4 Å². The molecule has 3 aromatic carbocycles. The molecule has 206 valence electrons. The first-order valence-corrected chi connectivity index (χ1v) is 13.2. The molecule has 2 heterocycles. The number of benzene rings is 3. The van der Waals surface area contributed by atoms with Crippen molar-refractivity contribution in [3.63, 3.8) is 0 Å². The highest BCUT2D eigenvalue weighted by atomic mass is 19.3. The molecule has 0 bridgehead atoms. The van der Waals surface area contributed by atoms with Crippen LogP contribution in [0.3, 0.4) is 0 Å². The van der Waals surface area contributed by atoms with Crippen molar-refractivity contribution in [1.82, 2.24) is 14.1 Å². The van der Waals surface area contributed by atoms with Gasteiger partial charge in [-0.25, -0.2) is 22.9 Å². The van der Waals surface area contributed by atoms with Crippen molar-refractivity contribution in [2.24, 2.45) is 0 Å². The highest BCUT2D eigenvalue weighted by molar-refractivity contribution is 5.97. The average Bonchev–Trinajstić information content (AvgIpc) is 3.43. The molecular formula is C31H28F3N3O3. The van der Waals surface area contributed by atoms with E-state index in [4.69, 9.17) is 9.72 Å². The summed E-state index contributed by atoms with van der Waals surface area (Å²) in [5, 5.41) is 10.4. The summed E-state index contributed by atoms with van der Waals surface area (Å²) in [5.74, 6) is -3.53. The summed E-state index contributed by atoms with van der Waals surface area (Å²) in [5.41, 5.74) is 6.05. The molecule has 0 atom stereocenters. The average molecular weight is 548 g/mol. The second kappa shape index (κ2) is 9.82. The van der Waals surface area contributed by atoms with Gasteiger partial charge in [0.1, 0.15) is 11.6 Å². The fraction of sp³-hybridized carbons (Fsp3) is 0.290. The maximum Gasteiger partial charge on any atom is 0.336 e. The molecule has 1 N–H and O–H groups in total. The Kier molecular flexibility index (Phi) is 6.41. The molecule has 1 aliphatic carbocycles. The van der Waals surface area contributed by atoms with E-state index in [0.717, 1.165) is 33.2 Å². The summed E-state index contributed by atoms with van der Waals surface area (Å²) in [6.07, 6.45) is -0.318. The number of imidazole rings is 1. The van der Waals surface area contributed by atoms with Gasteiger partial charge in [0.25, 0.3) is 5.92 Å². The maximum absolute atomic E-state index is 14.7. The lowest BCUT2D eigenvalue weighted by Gasteiger charge is -2.23. The molecule has 2 aromatic heterocycles. The van der Waals surface area contributed by atoms with Crippen molar-refractivity contribution in [3.05, 3.63) is 88.4 Å². The number of aryl methyl sites for hydroxylation is 1. The largest absolute Gasteiger partial charge is 0.478 e. The van der Waals surface area contributed by atoms with Gasteiger partial charge < -0.3 is 19.0 Å². The van der Waals surface area contributed by atoms with E-state index in [1.165, 1.54) is 12.1 Å². The standard InChI is InChI=1S/C31H28F3N3O3/c1-18-22(30(38)39)8-10-27-28(18)35-29(36(27)13-14-40-2)20-5-9-25-23(15-20)24-16-31(33,34)12-11-26(24)37(25)17-19-3-6-21(32)7-4-19/h3-10,15H,11-14,16-17H2,1-2H3,(H,38,39). The van der Waals surface area contributed by atoms with Gasteiger partial charge >= 0.3 is 5.97 Å². The molecule has 0 fully saturated rings. The Hall–Kier alpha value is -4.11. The second-order valence-electron chi connectivity index (χ2n) is 10.4. The third-order valence-corrected chi connectivity index (χ3v) is 7.89. The first-order valence-electron chi connectivity index (χ1n) is 13.2. The summed E-state index contributed by atoms with van der Waals surface area (Å²) in [6.45, 7) is 3.07. The molecule has 1 aliphatic rings. The summed E-state index contributed by atoms with van der Waals surface area (Å²) in [4.78, 5) is 16.6. The van der Waals surface area contributed by atoms with Crippen LogP contribution in [0.4, 0.5) is 13.2 Å². The number of hydrogen-bond acceptors (Lipinski definition) is 3. The Morgan fingerprint density at radius 1 is 1.07 bits per heavy atom. The van der Waals surface area contributed by atoms with Crippen molar-refractivity contribution < 1.29 is 27.8 Å². The lowest BCUT2D eigenvalue weighted by Crippen LogP contribution is -2.26. The fourth-order valence-electron chi connectivity index (χ4n) is 5.89. The minimum Gasteiger partial charge on any atom is -0.478 e. The van der Waals surface area contributed by atoms with Crippen molar-refractivity contribution >= 4 is 27.9 Å². The number of carboxylic acids is 1. The Labute approximate surface area is 228 Å². The zero-order valence-electron chi connectivity index (χ0n) is 22.2. The first kappa shape index (κ1) is 26.1. The van der Waals surface area contributed by atoms with Crippen molar-refractivity contribution in [2.45, 2.75) is 45.2 Å². The molecule has 0 unspecified atom stereocenters. The number of halogens is 3. The zero-order valence-corrected chi connectivity index (χ0v) is 22.2. The van der Waals surface area contributed by atoms with Gasteiger partial charge in [-0.15, -0.1) is 0 Å². The number of carboxylic acid groups (broad SMARTS) is 1. The molecule has 5 aromatic rings. The topological polar surface area (TPSA) is 69.3 Å². The maximum atomic E-state index is 14.7. The van der Waals surface area contributed by atoms with E-state index in [2.05, 4.69) is 4.57 Å². The predicted octanol–water partition coefficient (Wildman–Crippen LogP) is 6.62. The highest BCUT2D eigenvalue weighted by Crippen LogP contribution is 2.41. The third-order valence-electron chi connectivity index (χ3n) is 7.89. The molecular weight excluding hydrogens is 519 g/mol. The lowest BCUT2D eigenvalue weighted by molar-refractivity contribution is -0.0125. The van der Waals surface area contributed by atoms with E-state index < -0.39 is 11.9 Å². The number of carbonyl (C=O) groups is 1. The number of rotatable bonds is 7. The Morgan fingerprint density at radius 3 is 2.55 bits per heavy atom. The molecule has 9 heteroatoms. The van der Waals surface area contributed by atoms with Crippen LogP contribution in [-0.2, 0) is 30.7 Å². The van der Waals surface area contributed by atoms with E-state index in [9.17, 15) is 23.1 Å². The SMILES string of the molecule is COCCn1c(-c2ccc3c(c2)c2c(n3Cc3ccc(F)cc3)CCC(F)(F)C2)nc2c(C)c(C(=O)O)ccc21. The molecule has 0 saturated carbocycles. The van der Waals surface area contributed by atoms with Crippen LogP contribution in [0.25, 0.3) is 33.3 Å². The minimum atomic E-state index is -2.80. The number of hydrogen-bond donors (Lipinski definition) is 1. The Morgan fingerprint density at radius 2 is 1.82 bits per heavy atom. The van der Waals surface area contributed by atoms with Gasteiger partial charge in [-0.05, 0) is 72.5 Å². The zero-order chi connectivity index (χ0) is 28.2. The van der Waals surface area contributed by atoms with Crippen molar-refractivity contribution in [1.29, 1.82) is 0 Å². The number of alkyl halides is 2. The fourth-order valence-corrected chi connectivity index (χ4v) is 5.89. The molecule has 6 nitrogen and oxygen atoms in total. The van der Waals surface area contributed by atoms with E-state index in [1.807, 2.05) is 22.8 Å². The normalized spacial score (nSPS) is 14.6. The molecule has 0 amide bonds. The van der Waals surface area contributed by atoms with E-state index in [1.54, 1.807) is 38.3 Å². The van der Waals surface area contributed by atoms with Gasteiger partial charge in [0.15, 0.2) is 0 Å². The highest BCUT2D eigenvalue weighted by Gasteiger charge is 2.37. The summed E-state index contributed by atoms with van der Waals surface area (Å²) >= 11 is 0. The first-order chi connectivity index (χ1) is 19.2.